The van der Waals surface area contributed by atoms with Crippen molar-refractivity contribution in [3.63, 3.8) is 0 Å². The summed E-state index contributed by atoms with van der Waals surface area (Å²) in [6.45, 7) is 0.331. The second kappa shape index (κ2) is 6.20. The predicted octanol–water partition coefficient (Wildman–Crippen LogP) is 2.91. The van der Waals surface area contributed by atoms with Crippen molar-refractivity contribution in [2.24, 2.45) is 5.73 Å². The lowest BCUT2D eigenvalue weighted by Gasteiger charge is -2.14. The summed E-state index contributed by atoms with van der Waals surface area (Å²) in [7, 11) is 1.62. The van der Waals surface area contributed by atoms with Gasteiger partial charge in [-0.15, -0.1) is 0 Å². The van der Waals surface area contributed by atoms with Gasteiger partial charge in [0.1, 0.15) is 23.9 Å². The molecule has 0 aliphatic rings. The van der Waals surface area contributed by atoms with Crippen LogP contribution >= 0.6 is 0 Å². The Morgan fingerprint density at radius 2 is 1.58 bits per heavy atom. The van der Waals surface area contributed by atoms with Gasteiger partial charge in [-0.2, -0.15) is 0 Å². The molecular weight excluding hydrogens is 245 g/mol. The molecule has 2 rings (SSSR count). The van der Waals surface area contributed by atoms with Crippen molar-refractivity contribution in [3.8, 4) is 11.5 Å². The Morgan fingerprint density at radius 3 is 2.16 bits per heavy atom. The Morgan fingerprint density at radius 1 is 1.00 bits per heavy atom. The molecule has 0 heterocycles. The molecule has 2 aromatic carbocycles. The Bertz CT molecular complexity index is 511. The molecule has 0 bridgehead atoms. The van der Waals surface area contributed by atoms with Gasteiger partial charge in [0.15, 0.2) is 0 Å². The fraction of sp³-hybridized carbons (Fsp3) is 0.200. The molecule has 0 aliphatic carbocycles. The Labute approximate surface area is 111 Å². The maximum Gasteiger partial charge on any atom is 0.123 e. The minimum absolute atomic E-state index is 0.240. The van der Waals surface area contributed by atoms with Gasteiger partial charge >= 0.3 is 0 Å². The van der Waals surface area contributed by atoms with Crippen LogP contribution in [0.3, 0.4) is 0 Å². The van der Waals surface area contributed by atoms with Crippen LogP contribution in [0.2, 0.25) is 0 Å². The molecule has 3 nitrogen and oxygen atoms in total. The van der Waals surface area contributed by atoms with E-state index < -0.39 is 0 Å². The van der Waals surface area contributed by atoms with Crippen molar-refractivity contribution in [3.05, 3.63) is 59.9 Å². The Hall–Kier alpha value is -2.07. The molecule has 19 heavy (non-hydrogen) atoms. The van der Waals surface area contributed by atoms with Gasteiger partial charge in [0, 0.05) is 0 Å². The van der Waals surface area contributed by atoms with Gasteiger partial charge < -0.3 is 15.2 Å². The minimum atomic E-state index is -0.285. The Balaban J connectivity index is 1.93. The zero-order chi connectivity index (χ0) is 13.7. The predicted molar refractivity (Wildman–Crippen MR) is 71.8 cm³/mol. The summed E-state index contributed by atoms with van der Waals surface area (Å²) in [6.07, 6.45) is 0. The van der Waals surface area contributed by atoms with Crippen molar-refractivity contribution in [2.45, 2.75) is 6.04 Å². The molecule has 0 fully saturated rings. The first-order valence-corrected chi connectivity index (χ1v) is 5.97. The third kappa shape index (κ3) is 3.69. The van der Waals surface area contributed by atoms with E-state index in [9.17, 15) is 4.39 Å². The highest BCUT2D eigenvalue weighted by molar-refractivity contribution is 5.29. The minimum Gasteiger partial charge on any atom is -0.497 e. The second-order valence-corrected chi connectivity index (χ2v) is 4.14. The molecule has 0 amide bonds. The molecule has 2 N–H and O–H groups in total. The zero-order valence-electron chi connectivity index (χ0n) is 10.7. The largest absolute Gasteiger partial charge is 0.497 e. The Kier molecular flexibility index (Phi) is 4.36. The highest BCUT2D eigenvalue weighted by atomic mass is 19.1. The van der Waals surface area contributed by atoms with Crippen molar-refractivity contribution in [1.29, 1.82) is 0 Å². The first-order chi connectivity index (χ1) is 9.19. The summed E-state index contributed by atoms with van der Waals surface area (Å²) in [5.41, 5.74) is 6.99. The average molecular weight is 261 g/mol. The lowest BCUT2D eigenvalue weighted by Crippen LogP contribution is -2.18. The van der Waals surface area contributed by atoms with Crippen molar-refractivity contribution in [1.82, 2.24) is 0 Å². The molecule has 1 atom stereocenters. The first-order valence-electron chi connectivity index (χ1n) is 5.97. The van der Waals surface area contributed by atoms with Crippen LogP contribution < -0.4 is 15.2 Å². The van der Waals surface area contributed by atoms with E-state index in [0.29, 0.717) is 12.4 Å². The number of hydrogen-bond acceptors (Lipinski definition) is 3. The quantitative estimate of drug-likeness (QED) is 0.900. The fourth-order valence-electron chi connectivity index (χ4n) is 1.66. The summed E-state index contributed by atoms with van der Waals surface area (Å²) in [5.74, 6) is 1.10. The second-order valence-electron chi connectivity index (χ2n) is 4.14. The normalized spacial score (nSPS) is 11.9. The number of halogens is 1. The third-order valence-electron chi connectivity index (χ3n) is 2.79. The number of rotatable bonds is 5. The molecule has 1 unspecified atom stereocenters. The smallest absolute Gasteiger partial charge is 0.123 e. The van der Waals surface area contributed by atoms with Crippen LogP contribution in [0.4, 0.5) is 4.39 Å². The van der Waals surface area contributed by atoms with Crippen molar-refractivity contribution < 1.29 is 13.9 Å². The van der Waals surface area contributed by atoms with Gasteiger partial charge in [0.25, 0.3) is 0 Å². The lowest BCUT2D eigenvalue weighted by molar-refractivity contribution is 0.290. The number of hydrogen-bond donors (Lipinski definition) is 1. The number of ether oxygens (including phenoxy) is 2. The van der Waals surface area contributed by atoms with Crippen LogP contribution in [0.1, 0.15) is 11.6 Å². The number of nitrogens with two attached hydrogens (primary N) is 1. The number of methoxy groups -OCH3 is 1. The molecule has 0 aromatic heterocycles. The van der Waals surface area contributed by atoms with E-state index in [4.69, 9.17) is 15.2 Å². The van der Waals surface area contributed by atoms with E-state index in [0.717, 1.165) is 11.3 Å². The van der Waals surface area contributed by atoms with Crippen LogP contribution in [0, 0.1) is 5.82 Å². The summed E-state index contributed by atoms with van der Waals surface area (Å²) >= 11 is 0. The van der Waals surface area contributed by atoms with Gasteiger partial charge in [-0.05, 0) is 42.0 Å². The summed E-state index contributed by atoms with van der Waals surface area (Å²) in [4.78, 5) is 0. The highest BCUT2D eigenvalue weighted by Gasteiger charge is 2.07. The molecule has 100 valence electrons. The first kappa shape index (κ1) is 13.4. The van der Waals surface area contributed by atoms with E-state index in [1.807, 2.05) is 24.3 Å². The van der Waals surface area contributed by atoms with Crippen LogP contribution in [0.5, 0.6) is 11.5 Å². The van der Waals surface area contributed by atoms with E-state index >= 15 is 0 Å². The van der Waals surface area contributed by atoms with Crippen LogP contribution in [0.25, 0.3) is 0 Å². The van der Waals surface area contributed by atoms with Gasteiger partial charge in [0.05, 0.1) is 13.2 Å². The van der Waals surface area contributed by atoms with E-state index in [-0.39, 0.29) is 11.9 Å². The molecule has 0 aliphatic heterocycles. The van der Waals surface area contributed by atoms with E-state index in [1.165, 1.54) is 12.1 Å². The highest BCUT2D eigenvalue weighted by Crippen LogP contribution is 2.18. The molecule has 2 aromatic rings. The summed E-state index contributed by atoms with van der Waals surface area (Å²) in [5, 5.41) is 0. The van der Waals surface area contributed by atoms with Gasteiger partial charge in [0.2, 0.25) is 0 Å². The standard InChI is InChI=1S/C15H16FNO2/c1-18-13-6-2-11(3-7-13)15(17)10-19-14-8-4-12(16)5-9-14/h2-9,15H,10,17H2,1H3. The molecule has 0 spiro atoms. The average Bonchev–Trinajstić information content (AvgIpc) is 2.46. The van der Waals surface area contributed by atoms with E-state index in [1.54, 1.807) is 19.2 Å². The topological polar surface area (TPSA) is 44.5 Å². The lowest BCUT2D eigenvalue weighted by atomic mass is 10.1. The molecule has 0 radical (unpaired) electrons. The molecular formula is C15H16FNO2. The molecule has 0 saturated heterocycles. The molecule has 4 heteroatoms. The zero-order valence-corrected chi connectivity index (χ0v) is 10.7. The maximum absolute atomic E-state index is 12.7. The van der Waals surface area contributed by atoms with Gasteiger partial charge in [-0.3, -0.25) is 0 Å². The van der Waals surface area contributed by atoms with Crippen LogP contribution in [0.15, 0.2) is 48.5 Å². The number of benzene rings is 2. The van der Waals surface area contributed by atoms with Crippen LogP contribution in [-0.4, -0.2) is 13.7 Å². The van der Waals surface area contributed by atoms with Crippen molar-refractivity contribution >= 4 is 0 Å². The van der Waals surface area contributed by atoms with Crippen LogP contribution in [-0.2, 0) is 0 Å². The molecule has 0 saturated carbocycles. The SMILES string of the molecule is COc1ccc(C(N)COc2ccc(F)cc2)cc1. The fourth-order valence-corrected chi connectivity index (χ4v) is 1.66. The summed E-state index contributed by atoms with van der Waals surface area (Å²) in [6, 6.07) is 13.1. The summed E-state index contributed by atoms with van der Waals surface area (Å²) < 4.78 is 23.3. The monoisotopic (exact) mass is 261 g/mol. The van der Waals surface area contributed by atoms with Gasteiger partial charge in [-0.1, -0.05) is 12.1 Å². The maximum atomic E-state index is 12.7. The van der Waals surface area contributed by atoms with E-state index in [2.05, 4.69) is 0 Å². The third-order valence-corrected chi connectivity index (χ3v) is 2.79. The van der Waals surface area contributed by atoms with Gasteiger partial charge in [-0.25, -0.2) is 4.39 Å². The van der Waals surface area contributed by atoms with Crippen molar-refractivity contribution in [2.75, 3.05) is 13.7 Å².